The number of hydrazine groups is 1. The highest BCUT2D eigenvalue weighted by atomic mass is 35.5. The molecule has 0 radical (unpaired) electrons. The number of carbonyl (C=O) groups is 2. The Bertz CT molecular complexity index is 5650. The van der Waals surface area contributed by atoms with E-state index < -0.39 is 22.3 Å². The predicted molar refractivity (Wildman–Crippen MR) is 449 cm³/mol. The van der Waals surface area contributed by atoms with Crippen molar-refractivity contribution in [1.29, 1.82) is 0 Å². The predicted octanol–water partition coefficient (Wildman–Crippen LogP) is 19.3. The number of fused-ring (bicyclic) bond motifs is 7. The Morgan fingerprint density at radius 1 is 0.441 bits per heavy atom. The van der Waals surface area contributed by atoms with Gasteiger partial charge >= 0.3 is 12.2 Å². The lowest BCUT2D eigenvalue weighted by Gasteiger charge is -2.43. The third-order valence-corrected chi connectivity index (χ3v) is 20.8. The minimum absolute atomic E-state index is 0. The van der Waals surface area contributed by atoms with Gasteiger partial charge in [-0.25, -0.2) is 35.4 Å². The Labute approximate surface area is 658 Å². The zero-order chi connectivity index (χ0) is 75.7. The van der Waals surface area contributed by atoms with Crippen molar-refractivity contribution in [2.24, 2.45) is 11.6 Å². The number of nitrogens with one attached hydrogen (secondary N) is 5. The van der Waals surface area contributed by atoms with Crippen LogP contribution in [0.4, 0.5) is 27.3 Å². The van der Waals surface area contributed by atoms with Crippen LogP contribution in [-0.4, -0.2) is 85.6 Å². The molecular weight excluding hydrogens is 1430 g/mol. The number of anilines is 3. The zero-order valence-electron chi connectivity index (χ0n) is 63.6. The molecule has 3 fully saturated rings. The van der Waals surface area contributed by atoms with Gasteiger partial charge in [-0.3, -0.25) is 8.80 Å². The maximum absolute atomic E-state index is 12.6. The number of halogens is 2. The maximum atomic E-state index is 12.6. The van der Waals surface area contributed by atoms with E-state index in [1.807, 2.05) is 137 Å². The molecule has 23 heteroatoms. The molecule has 8 aromatic heterocycles. The molecule has 0 bridgehead atoms. The lowest BCUT2D eigenvalue weighted by atomic mass is 9.71. The summed E-state index contributed by atoms with van der Waals surface area (Å²) in [5, 5.41) is 33.2. The molecule has 21 nitrogen and oxygen atoms in total. The number of nitrogen functional groups attached to an aromatic ring is 1. The van der Waals surface area contributed by atoms with E-state index in [2.05, 4.69) is 192 Å². The van der Waals surface area contributed by atoms with Crippen LogP contribution in [0.5, 0.6) is 0 Å². The van der Waals surface area contributed by atoms with Gasteiger partial charge in [0.25, 0.3) is 0 Å². The molecule has 2 amide bonds. The number of carbonyl (C=O) groups excluding carboxylic acids is 2. The largest absolute Gasteiger partial charge is 0.444 e. The molecular formula is C88H93Cl2N17O4. The van der Waals surface area contributed by atoms with Crippen LogP contribution in [0.15, 0.2) is 219 Å². The van der Waals surface area contributed by atoms with Crippen molar-refractivity contribution in [3.05, 3.63) is 235 Å². The SMILES string of the molecule is CC(C)(C)OC(=O)NC1(c2ccc(-c3nc4ccnc(NN)c4cc3-c3ccccc3)cc2)CCC1.CCNc1nnc2c3cc(-c4ccccc4)c(-c4ccc(C5(N)CCC5)cc4)nc3ccn12.CCNc1nnc2c3cc(-c4ccccc4)c(-c4ccc(C5(NC(=O)OC(C)(C)C)CCC5)cc4)nc3ccn12.Cl.Cl. The summed E-state index contributed by atoms with van der Waals surface area (Å²) < 4.78 is 15.0. The van der Waals surface area contributed by atoms with E-state index in [1.165, 1.54) is 12.0 Å². The number of aromatic nitrogens is 10. The summed E-state index contributed by atoms with van der Waals surface area (Å²) in [5.41, 5.74) is 26.8. The lowest BCUT2D eigenvalue weighted by molar-refractivity contribution is 0.0365. The summed E-state index contributed by atoms with van der Waals surface area (Å²) in [6.07, 6.45) is 13.9. The van der Waals surface area contributed by atoms with Crippen molar-refractivity contribution >= 4 is 98.7 Å². The van der Waals surface area contributed by atoms with E-state index in [0.29, 0.717) is 11.8 Å². The normalized spacial score (nSPS) is 14.5. The number of nitrogens with zero attached hydrogens (tertiary/aromatic N) is 10. The Kier molecular flexibility index (Phi) is 22.4. The summed E-state index contributed by atoms with van der Waals surface area (Å²) in [4.78, 5) is 44.8. The number of alkyl carbamates (subject to hydrolysis) is 2. The maximum Gasteiger partial charge on any atom is 0.408 e. The highest BCUT2D eigenvalue weighted by molar-refractivity contribution is 6.01. The second-order valence-corrected chi connectivity index (χ2v) is 30.5. The Hall–Kier alpha value is -11.6. The number of ether oxygens (including phenoxy) is 2. The molecule has 3 aliphatic rings. The first-order valence-corrected chi connectivity index (χ1v) is 37.6. The molecule has 9 N–H and O–H groups in total. The van der Waals surface area contributed by atoms with Crippen molar-refractivity contribution in [3.63, 3.8) is 0 Å². The molecule has 3 aliphatic carbocycles. The van der Waals surface area contributed by atoms with Gasteiger partial charge in [0, 0.05) is 86.8 Å². The number of benzene rings is 6. The summed E-state index contributed by atoms with van der Waals surface area (Å²) in [7, 11) is 0. The molecule has 568 valence electrons. The van der Waals surface area contributed by atoms with E-state index in [9.17, 15) is 9.59 Å². The molecule has 17 rings (SSSR count). The van der Waals surface area contributed by atoms with Crippen LogP contribution in [0.3, 0.4) is 0 Å². The average molecular weight is 1520 g/mol. The molecule has 3 saturated carbocycles. The van der Waals surface area contributed by atoms with Crippen LogP contribution >= 0.6 is 24.8 Å². The highest BCUT2D eigenvalue weighted by Crippen LogP contribution is 2.46. The number of rotatable bonds is 16. The summed E-state index contributed by atoms with van der Waals surface area (Å²) in [5.74, 6) is 7.75. The topological polar surface area (TPSA) is 277 Å². The van der Waals surface area contributed by atoms with E-state index >= 15 is 0 Å². The minimum Gasteiger partial charge on any atom is -0.444 e. The van der Waals surface area contributed by atoms with Gasteiger partial charge in [0.05, 0.1) is 44.7 Å². The molecule has 0 aliphatic heterocycles. The van der Waals surface area contributed by atoms with Crippen molar-refractivity contribution < 1.29 is 19.1 Å². The molecule has 0 spiro atoms. The van der Waals surface area contributed by atoms with Crippen LogP contribution in [0.2, 0.25) is 0 Å². The zero-order valence-corrected chi connectivity index (χ0v) is 65.3. The van der Waals surface area contributed by atoms with Crippen molar-refractivity contribution in [2.75, 3.05) is 29.1 Å². The summed E-state index contributed by atoms with van der Waals surface area (Å²) in [6.45, 7) is 16.9. The van der Waals surface area contributed by atoms with Crippen molar-refractivity contribution in [3.8, 4) is 67.2 Å². The number of nitrogens with two attached hydrogens (primary N) is 2. The average Bonchev–Trinajstić information content (AvgIpc) is 1.75. The Morgan fingerprint density at radius 3 is 1.12 bits per heavy atom. The third-order valence-electron chi connectivity index (χ3n) is 20.8. The van der Waals surface area contributed by atoms with Crippen molar-refractivity contribution in [2.45, 2.75) is 141 Å². The fourth-order valence-electron chi connectivity index (χ4n) is 14.9. The third kappa shape index (κ3) is 16.1. The van der Waals surface area contributed by atoms with Crippen molar-refractivity contribution in [1.82, 2.24) is 59.8 Å². The molecule has 14 aromatic rings. The van der Waals surface area contributed by atoms with Gasteiger partial charge in [-0.15, -0.1) is 45.2 Å². The van der Waals surface area contributed by atoms with Gasteiger partial charge in [-0.1, -0.05) is 164 Å². The van der Waals surface area contributed by atoms with E-state index in [0.717, 1.165) is 193 Å². The van der Waals surface area contributed by atoms with Crippen LogP contribution in [0.1, 0.15) is 130 Å². The van der Waals surface area contributed by atoms with Gasteiger partial charge in [-0.2, -0.15) is 0 Å². The summed E-state index contributed by atoms with van der Waals surface area (Å²) >= 11 is 0. The number of hydrogen-bond acceptors (Lipinski definition) is 17. The number of amides is 2. The standard InChI is InChI=1S/C32H34N6O2.C29H31N5O2.C27H26N6.2ClH/c1-5-33-29-37-36-28-25-20-24(21-10-7-6-8-11-21)27(34-26(25)16-19-38(28)29)22-12-14-23(15-13-22)32(17-9-18-32)35-30(39)40-31(2,3)4;1-28(2,3)36-27(35)33-29(15-7-16-29)21-12-10-20(11-13-21)25-22(19-8-5-4-6-9-19)18-23-24(32-25)14-17-31-26(23)34-30;1-2-29-26-32-31-25-22-17-21(18-7-4-3-5-8-18)24(30-23(22)13-16-33(25)26)19-9-11-20(12-10-19)27(28)14-6-15-27;;/h6-8,10-16,19-20H,5,9,17-18H2,1-4H3,(H,33,37)(H,35,39);4-6,8-14,17-18H,7,15-16,30H2,1-3H3,(H,31,34)(H,33,35);3-5,7-13,16-17H,2,6,14-15,28H2,1H3,(H,29,32);2*1H. The van der Waals surface area contributed by atoms with E-state index in [-0.39, 0.29) is 42.5 Å². The van der Waals surface area contributed by atoms with Crippen LogP contribution in [0, 0.1) is 0 Å². The lowest BCUT2D eigenvalue weighted by Crippen LogP contribution is -2.52. The first-order chi connectivity index (χ1) is 52.7. The summed E-state index contributed by atoms with van der Waals surface area (Å²) in [6, 6.07) is 68.6. The second-order valence-electron chi connectivity index (χ2n) is 30.5. The van der Waals surface area contributed by atoms with Gasteiger partial charge in [0.2, 0.25) is 11.9 Å². The first-order valence-electron chi connectivity index (χ1n) is 37.6. The van der Waals surface area contributed by atoms with Crippen LogP contribution in [0.25, 0.3) is 111 Å². The smallest absolute Gasteiger partial charge is 0.408 e. The molecule has 0 unspecified atom stereocenters. The van der Waals surface area contributed by atoms with Gasteiger partial charge in [0.15, 0.2) is 11.3 Å². The Balaban J connectivity index is 0.000000145. The molecule has 111 heavy (non-hydrogen) atoms. The molecule has 8 heterocycles. The van der Waals surface area contributed by atoms with Crippen LogP contribution in [-0.2, 0) is 26.1 Å². The minimum atomic E-state index is -0.541. The molecule has 0 atom stereocenters. The van der Waals surface area contributed by atoms with Gasteiger partial charge in [-0.05, 0) is 183 Å². The van der Waals surface area contributed by atoms with Crippen LogP contribution < -0.4 is 38.3 Å². The second kappa shape index (κ2) is 32.1. The van der Waals surface area contributed by atoms with E-state index in [4.69, 9.17) is 36.0 Å². The number of pyridine rings is 6. The first kappa shape index (κ1) is 77.5. The fourth-order valence-corrected chi connectivity index (χ4v) is 14.9. The monoisotopic (exact) mass is 1520 g/mol. The fraction of sp³-hybridized carbons (Fsp3) is 0.273. The number of hydrogen-bond donors (Lipinski definition) is 7. The highest BCUT2D eigenvalue weighted by Gasteiger charge is 2.43. The van der Waals surface area contributed by atoms with E-state index in [1.54, 1.807) is 6.20 Å². The Morgan fingerprint density at radius 2 is 0.793 bits per heavy atom. The van der Waals surface area contributed by atoms with Gasteiger partial charge < -0.3 is 41.9 Å². The molecule has 6 aromatic carbocycles. The molecule has 0 saturated heterocycles. The quantitative estimate of drug-likeness (QED) is 0.0350. The van der Waals surface area contributed by atoms with Gasteiger partial charge in [0.1, 0.15) is 17.0 Å².